The molecule has 0 spiro atoms. The predicted molar refractivity (Wildman–Crippen MR) is 445 cm³/mol. The average molecular weight is 1550 g/mol. The van der Waals surface area contributed by atoms with E-state index in [4.69, 9.17) is 37.0 Å². The molecule has 616 valence electrons. The molecule has 2 unspecified atom stereocenters. The number of ether oxygens (including phenoxy) is 4. The average Bonchev–Trinajstić information content (AvgIpc) is 0.923. The van der Waals surface area contributed by atoms with E-state index in [-0.39, 0.29) is 25.7 Å². The monoisotopic (exact) mass is 1550 g/mol. The standard InChI is InChI=1S/C89H148O17P2/c1-5-9-13-17-21-25-29-33-37-39-41-43-47-49-53-57-61-65-69-73-86(91)99-79-84(105-88(93)75-71-67-63-59-55-51-45-35-31-27-23-19-15-11-7-3)81-103-107(95,96)101-77-83(90)78-102-108(97,98)104-82-85(106-89(94)76-72-68-64-60-56-52-46-36-32-28-24-20-16-12-8-4)80-100-87(92)74-70-66-62-58-54-50-48-44-42-40-38-34-30-26-22-18-14-10-6-2/h21-23,25-28,32-35,37-38,41-45,49-50,53-54,61-62,65-66,83-85,90H,5-20,24,29-31,36,39-40,46-48,51-52,55-60,63-64,67-82H2,1-4H3,(H,95,96)(H,97,98)/b25-21-,26-22-,27-23-,32-28-,37-33-,38-34-,43-41-,44-42-,45-35-,53-49-,54-50-,65-61-,66-62-/t83-,84-,85-/m1/s1. The predicted octanol–water partition coefficient (Wildman–Crippen LogP) is 24.8. The molecule has 3 N–H and O–H groups in total. The fourth-order valence-electron chi connectivity index (χ4n) is 10.6. The number of allylic oxidation sites excluding steroid dienone is 26. The number of carbonyl (C=O) groups is 4. The van der Waals surface area contributed by atoms with Gasteiger partial charge in [-0.1, -0.05) is 295 Å². The van der Waals surface area contributed by atoms with E-state index in [9.17, 15) is 43.2 Å². The third kappa shape index (κ3) is 78.8. The number of carbonyl (C=O) groups excluding carboxylic acids is 4. The first-order chi connectivity index (χ1) is 52.7. The molecule has 0 fully saturated rings. The number of aliphatic hydroxyl groups is 1. The molecule has 0 bridgehead atoms. The van der Waals surface area contributed by atoms with Gasteiger partial charge in [0.2, 0.25) is 0 Å². The zero-order valence-corrected chi connectivity index (χ0v) is 69.3. The Morgan fingerprint density at radius 3 is 0.759 bits per heavy atom. The molecule has 108 heavy (non-hydrogen) atoms. The molecule has 0 aromatic carbocycles. The molecular formula is C89H148O17P2. The largest absolute Gasteiger partial charge is 0.472 e. The van der Waals surface area contributed by atoms with Crippen LogP contribution in [0.1, 0.15) is 323 Å². The van der Waals surface area contributed by atoms with E-state index in [0.29, 0.717) is 38.5 Å². The fraction of sp³-hybridized carbons (Fsp3) is 0.663. The zero-order valence-electron chi connectivity index (χ0n) is 67.5. The molecule has 0 amide bonds. The first-order valence-electron chi connectivity index (χ1n) is 41.7. The number of hydrogen-bond acceptors (Lipinski definition) is 15. The van der Waals surface area contributed by atoms with Gasteiger partial charge in [-0.2, -0.15) is 0 Å². The Kier molecular flexibility index (Phi) is 75.8. The summed E-state index contributed by atoms with van der Waals surface area (Å²) in [4.78, 5) is 73.1. The van der Waals surface area contributed by atoms with Gasteiger partial charge >= 0.3 is 39.5 Å². The molecule has 0 heterocycles. The van der Waals surface area contributed by atoms with Crippen molar-refractivity contribution in [2.24, 2.45) is 0 Å². The lowest BCUT2D eigenvalue weighted by Crippen LogP contribution is -2.30. The van der Waals surface area contributed by atoms with Crippen LogP contribution in [-0.2, 0) is 65.4 Å². The van der Waals surface area contributed by atoms with Crippen LogP contribution >= 0.6 is 15.6 Å². The van der Waals surface area contributed by atoms with Crippen LogP contribution in [0.2, 0.25) is 0 Å². The van der Waals surface area contributed by atoms with Crippen LogP contribution in [0.3, 0.4) is 0 Å². The molecular weight excluding hydrogens is 1400 g/mol. The number of phosphoric ester groups is 2. The Morgan fingerprint density at radius 2 is 0.472 bits per heavy atom. The van der Waals surface area contributed by atoms with Crippen LogP contribution in [0.4, 0.5) is 0 Å². The number of aliphatic hydroxyl groups excluding tert-OH is 1. The van der Waals surface area contributed by atoms with Gasteiger partial charge in [-0.15, -0.1) is 0 Å². The summed E-state index contributed by atoms with van der Waals surface area (Å²) >= 11 is 0. The van der Waals surface area contributed by atoms with Crippen LogP contribution in [-0.4, -0.2) is 96.7 Å². The van der Waals surface area contributed by atoms with Crippen molar-refractivity contribution in [3.05, 3.63) is 158 Å². The molecule has 5 atom stereocenters. The maximum Gasteiger partial charge on any atom is 0.472 e. The topological polar surface area (TPSA) is 237 Å². The highest BCUT2D eigenvalue weighted by Gasteiger charge is 2.30. The molecule has 0 saturated carbocycles. The van der Waals surface area contributed by atoms with Crippen molar-refractivity contribution in [1.82, 2.24) is 0 Å². The van der Waals surface area contributed by atoms with E-state index in [1.807, 2.05) is 30.4 Å². The number of esters is 4. The highest BCUT2D eigenvalue weighted by atomic mass is 31.2. The van der Waals surface area contributed by atoms with Gasteiger partial charge in [0.15, 0.2) is 12.2 Å². The second-order valence-corrected chi connectivity index (χ2v) is 30.3. The van der Waals surface area contributed by atoms with Gasteiger partial charge in [-0.25, -0.2) is 9.13 Å². The fourth-order valence-corrected chi connectivity index (χ4v) is 12.1. The maximum absolute atomic E-state index is 13.1. The highest BCUT2D eigenvalue weighted by Crippen LogP contribution is 2.45. The second-order valence-electron chi connectivity index (χ2n) is 27.3. The first kappa shape index (κ1) is 103. The van der Waals surface area contributed by atoms with Crippen molar-refractivity contribution in [1.29, 1.82) is 0 Å². The summed E-state index contributed by atoms with van der Waals surface area (Å²) in [5, 5.41) is 10.7. The lowest BCUT2D eigenvalue weighted by molar-refractivity contribution is -0.161. The SMILES string of the molecule is CCCCC/C=C\C/C=C\C/C=C\C/C=C\C/C=C\CCC(=O)OC[C@H](COP(=O)(O)OC[C@@H](O)COP(=O)(O)OC[C@@H](COC(=O)CC/C=C\C/C=C\C/C=C\C/C=C\C/C=C\CCCCC)OC(=O)CCCCCCCCC/C=C\CCCCCC)OC(=O)CCCCCCC/C=C\C/C=C\CCCCC. The van der Waals surface area contributed by atoms with E-state index in [1.54, 1.807) is 0 Å². The zero-order chi connectivity index (χ0) is 78.9. The summed E-state index contributed by atoms with van der Waals surface area (Å²) < 4.78 is 68.5. The van der Waals surface area contributed by atoms with Crippen molar-refractivity contribution in [3.63, 3.8) is 0 Å². The van der Waals surface area contributed by atoms with Gasteiger partial charge < -0.3 is 33.8 Å². The normalized spacial score (nSPS) is 14.6. The lowest BCUT2D eigenvalue weighted by atomic mass is 10.1. The minimum Gasteiger partial charge on any atom is -0.462 e. The van der Waals surface area contributed by atoms with E-state index < -0.39 is 97.5 Å². The molecule has 0 aromatic heterocycles. The third-order valence-corrected chi connectivity index (χ3v) is 18.9. The number of rotatable bonds is 77. The van der Waals surface area contributed by atoms with Crippen LogP contribution in [0.25, 0.3) is 0 Å². The van der Waals surface area contributed by atoms with Crippen molar-refractivity contribution in [2.45, 2.75) is 341 Å². The third-order valence-electron chi connectivity index (χ3n) is 17.0. The van der Waals surface area contributed by atoms with Gasteiger partial charge in [0.1, 0.15) is 19.3 Å². The Morgan fingerprint density at radius 1 is 0.259 bits per heavy atom. The number of unbranched alkanes of at least 4 members (excludes halogenated alkanes) is 25. The Bertz CT molecular complexity index is 2660. The second kappa shape index (κ2) is 79.8. The summed E-state index contributed by atoms with van der Waals surface area (Å²) in [6, 6.07) is 0. The molecule has 0 rings (SSSR count). The molecule has 19 heteroatoms. The quantitative estimate of drug-likeness (QED) is 0.0169. The lowest BCUT2D eigenvalue weighted by Gasteiger charge is -2.21. The van der Waals surface area contributed by atoms with Crippen molar-refractivity contribution in [3.8, 4) is 0 Å². The molecule has 0 aliphatic heterocycles. The minimum absolute atomic E-state index is 0.0292. The van der Waals surface area contributed by atoms with Crippen LogP contribution in [0.15, 0.2) is 158 Å². The van der Waals surface area contributed by atoms with Gasteiger partial charge in [0, 0.05) is 25.7 Å². The van der Waals surface area contributed by atoms with Gasteiger partial charge in [-0.05, 0) is 161 Å². The van der Waals surface area contributed by atoms with E-state index >= 15 is 0 Å². The molecule has 0 saturated heterocycles. The Balaban J connectivity index is 5.51. The Labute approximate surface area is 655 Å². The molecule has 0 aliphatic carbocycles. The maximum atomic E-state index is 13.1. The summed E-state index contributed by atoms with van der Waals surface area (Å²) in [5.41, 5.74) is 0. The Hall–Kier alpha value is -5.32. The van der Waals surface area contributed by atoms with E-state index in [2.05, 4.69) is 155 Å². The number of phosphoric acid groups is 2. The first-order valence-corrected chi connectivity index (χ1v) is 44.7. The van der Waals surface area contributed by atoms with Crippen LogP contribution < -0.4 is 0 Å². The smallest absolute Gasteiger partial charge is 0.462 e. The van der Waals surface area contributed by atoms with Crippen molar-refractivity contribution >= 4 is 39.5 Å². The van der Waals surface area contributed by atoms with Crippen molar-refractivity contribution in [2.75, 3.05) is 39.6 Å². The van der Waals surface area contributed by atoms with Gasteiger partial charge in [0.25, 0.3) is 0 Å². The summed E-state index contributed by atoms with van der Waals surface area (Å²) in [5.74, 6) is -2.39. The highest BCUT2D eigenvalue weighted by molar-refractivity contribution is 7.47. The molecule has 0 aromatic rings. The van der Waals surface area contributed by atoms with Gasteiger partial charge in [0.05, 0.1) is 26.4 Å². The van der Waals surface area contributed by atoms with Crippen LogP contribution in [0, 0.1) is 0 Å². The number of hydrogen-bond donors (Lipinski definition) is 3. The van der Waals surface area contributed by atoms with E-state index in [1.165, 1.54) is 83.5 Å². The summed E-state index contributed by atoms with van der Waals surface area (Å²) in [6.45, 7) is 4.60. The molecule has 0 radical (unpaired) electrons. The minimum atomic E-state index is -5.01. The van der Waals surface area contributed by atoms with Gasteiger partial charge in [-0.3, -0.25) is 37.3 Å². The molecule has 0 aliphatic rings. The molecule has 17 nitrogen and oxygen atoms in total. The van der Waals surface area contributed by atoms with Crippen LogP contribution in [0.5, 0.6) is 0 Å². The summed E-state index contributed by atoms with van der Waals surface area (Å²) in [7, 11) is -10.0. The summed E-state index contributed by atoms with van der Waals surface area (Å²) in [6.07, 6.45) is 93.8. The van der Waals surface area contributed by atoms with Crippen molar-refractivity contribution < 1.29 is 80.2 Å². The van der Waals surface area contributed by atoms with E-state index in [0.717, 1.165) is 148 Å².